The number of rotatable bonds is 7. The number of hydrogen-bond acceptors (Lipinski definition) is 4. The molecule has 0 aliphatic rings. The number of aliphatic hydroxyl groups excluding tert-OH is 1. The van der Waals surface area contributed by atoms with Gasteiger partial charge in [0.1, 0.15) is 0 Å². The summed E-state index contributed by atoms with van der Waals surface area (Å²) in [4.78, 5) is 4.11. The quantitative estimate of drug-likeness (QED) is 0.598. The third-order valence-corrected chi connectivity index (χ3v) is 2.19. The lowest BCUT2D eigenvalue weighted by atomic mass is 10.2. The van der Waals surface area contributed by atoms with Crippen LogP contribution in [0.3, 0.4) is 0 Å². The van der Waals surface area contributed by atoms with E-state index in [4.69, 9.17) is 5.11 Å². The van der Waals surface area contributed by atoms with E-state index in [1.807, 2.05) is 19.3 Å². The number of nitrogens with one attached hydrogen (secondary N) is 2. The molecular formula is C11H19N3O. The second kappa shape index (κ2) is 7.06. The van der Waals surface area contributed by atoms with Crippen molar-refractivity contribution < 1.29 is 5.11 Å². The zero-order chi connectivity index (χ0) is 10.9. The van der Waals surface area contributed by atoms with Crippen molar-refractivity contribution in [2.45, 2.75) is 19.3 Å². The smallest absolute Gasteiger partial charge is 0.0547 e. The molecule has 0 saturated heterocycles. The van der Waals surface area contributed by atoms with E-state index in [-0.39, 0.29) is 6.61 Å². The van der Waals surface area contributed by atoms with E-state index in [0.29, 0.717) is 0 Å². The summed E-state index contributed by atoms with van der Waals surface area (Å²) in [5.74, 6) is 0. The Hall–Kier alpha value is -1.29. The lowest BCUT2D eigenvalue weighted by molar-refractivity contribution is 0.283. The summed E-state index contributed by atoms with van der Waals surface area (Å²) < 4.78 is 0. The molecule has 0 radical (unpaired) electrons. The summed E-state index contributed by atoms with van der Waals surface area (Å²) in [5, 5.41) is 14.9. The highest BCUT2D eigenvalue weighted by Gasteiger charge is 1.94. The molecule has 0 aromatic carbocycles. The van der Waals surface area contributed by atoms with Gasteiger partial charge in [-0.2, -0.15) is 0 Å². The normalized spacial score (nSPS) is 10.0. The van der Waals surface area contributed by atoms with Crippen molar-refractivity contribution in [3.05, 3.63) is 18.5 Å². The third kappa shape index (κ3) is 4.65. The fraction of sp³-hybridized carbons (Fsp3) is 0.545. The van der Waals surface area contributed by atoms with Gasteiger partial charge in [0.2, 0.25) is 0 Å². The summed E-state index contributed by atoms with van der Waals surface area (Å²) in [6.45, 7) is 1.21. The Morgan fingerprint density at radius 3 is 2.73 bits per heavy atom. The molecule has 0 bridgehead atoms. The first-order valence-corrected chi connectivity index (χ1v) is 5.34. The molecule has 84 valence electrons. The Bertz CT molecular complexity index is 278. The maximum absolute atomic E-state index is 8.61. The largest absolute Gasteiger partial charge is 0.396 e. The minimum Gasteiger partial charge on any atom is -0.396 e. The van der Waals surface area contributed by atoms with E-state index in [1.165, 1.54) is 0 Å². The van der Waals surface area contributed by atoms with Gasteiger partial charge in [-0.05, 0) is 25.3 Å². The number of pyridine rings is 1. The van der Waals surface area contributed by atoms with Crippen LogP contribution in [0.4, 0.5) is 11.4 Å². The molecule has 15 heavy (non-hydrogen) atoms. The van der Waals surface area contributed by atoms with E-state index in [1.54, 1.807) is 6.20 Å². The predicted octanol–water partition coefficient (Wildman–Crippen LogP) is 1.70. The highest BCUT2D eigenvalue weighted by Crippen LogP contribution is 2.12. The lowest BCUT2D eigenvalue weighted by Crippen LogP contribution is -2.02. The number of hydrogen-bond donors (Lipinski definition) is 3. The topological polar surface area (TPSA) is 57.2 Å². The van der Waals surface area contributed by atoms with Crippen LogP contribution < -0.4 is 10.6 Å². The minimum atomic E-state index is 0.288. The van der Waals surface area contributed by atoms with Crippen molar-refractivity contribution in [3.63, 3.8) is 0 Å². The molecule has 0 aliphatic carbocycles. The molecule has 1 aromatic heterocycles. The SMILES string of the molecule is CNc1cncc(NCCCCCO)c1. The van der Waals surface area contributed by atoms with Crippen LogP contribution in [0.2, 0.25) is 0 Å². The summed E-state index contributed by atoms with van der Waals surface area (Å²) >= 11 is 0. The van der Waals surface area contributed by atoms with Crippen LogP contribution in [0.15, 0.2) is 18.5 Å². The zero-order valence-corrected chi connectivity index (χ0v) is 9.16. The van der Waals surface area contributed by atoms with Crippen LogP contribution in [0.25, 0.3) is 0 Å². The molecule has 0 atom stereocenters. The standard InChI is InChI=1S/C11H19N3O/c1-12-10-7-11(9-13-8-10)14-5-3-2-4-6-15/h7-9,12,14-15H,2-6H2,1H3. The molecule has 0 saturated carbocycles. The van der Waals surface area contributed by atoms with Gasteiger partial charge in [0.25, 0.3) is 0 Å². The Labute approximate surface area is 90.7 Å². The van der Waals surface area contributed by atoms with Crippen molar-refractivity contribution in [1.82, 2.24) is 4.98 Å². The Morgan fingerprint density at radius 1 is 1.20 bits per heavy atom. The van der Waals surface area contributed by atoms with Gasteiger partial charge in [0, 0.05) is 20.2 Å². The highest BCUT2D eigenvalue weighted by atomic mass is 16.2. The average Bonchev–Trinajstić information content (AvgIpc) is 2.29. The summed E-state index contributed by atoms with van der Waals surface area (Å²) in [6.07, 6.45) is 6.62. The van der Waals surface area contributed by atoms with Crippen LogP contribution in [0.1, 0.15) is 19.3 Å². The van der Waals surface area contributed by atoms with Crippen LogP contribution in [0.5, 0.6) is 0 Å². The number of aromatic nitrogens is 1. The van der Waals surface area contributed by atoms with Gasteiger partial charge in [0.05, 0.1) is 23.8 Å². The van der Waals surface area contributed by atoms with Gasteiger partial charge in [-0.3, -0.25) is 4.98 Å². The van der Waals surface area contributed by atoms with Gasteiger partial charge in [0.15, 0.2) is 0 Å². The van der Waals surface area contributed by atoms with Crippen LogP contribution in [0, 0.1) is 0 Å². The van der Waals surface area contributed by atoms with Crippen molar-refractivity contribution in [3.8, 4) is 0 Å². The van der Waals surface area contributed by atoms with Crippen molar-refractivity contribution in [1.29, 1.82) is 0 Å². The Balaban J connectivity index is 2.24. The first kappa shape index (κ1) is 11.8. The van der Waals surface area contributed by atoms with Crippen LogP contribution in [-0.4, -0.2) is 30.3 Å². The lowest BCUT2D eigenvalue weighted by Gasteiger charge is -2.07. The molecule has 4 nitrogen and oxygen atoms in total. The van der Waals surface area contributed by atoms with Gasteiger partial charge < -0.3 is 15.7 Å². The van der Waals surface area contributed by atoms with Gasteiger partial charge >= 0.3 is 0 Å². The number of anilines is 2. The van der Waals surface area contributed by atoms with E-state index in [0.717, 1.165) is 37.2 Å². The maximum atomic E-state index is 8.61. The van der Waals surface area contributed by atoms with Crippen molar-refractivity contribution in [2.24, 2.45) is 0 Å². The average molecular weight is 209 g/mol. The number of unbranched alkanes of at least 4 members (excludes halogenated alkanes) is 2. The molecule has 0 unspecified atom stereocenters. The number of aliphatic hydroxyl groups is 1. The third-order valence-electron chi connectivity index (χ3n) is 2.19. The fourth-order valence-electron chi connectivity index (χ4n) is 1.32. The predicted molar refractivity (Wildman–Crippen MR) is 63.2 cm³/mol. The summed E-state index contributed by atoms with van der Waals surface area (Å²) in [5.41, 5.74) is 2.04. The van der Waals surface area contributed by atoms with Crippen LogP contribution >= 0.6 is 0 Å². The highest BCUT2D eigenvalue weighted by molar-refractivity contribution is 5.53. The molecule has 3 N–H and O–H groups in total. The molecular weight excluding hydrogens is 190 g/mol. The monoisotopic (exact) mass is 209 g/mol. The molecule has 1 rings (SSSR count). The van der Waals surface area contributed by atoms with Gasteiger partial charge in [-0.25, -0.2) is 0 Å². The molecule has 1 aromatic rings. The molecule has 0 amide bonds. The number of nitrogens with zero attached hydrogens (tertiary/aromatic N) is 1. The second-order valence-corrected chi connectivity index (χ2v) is 3.42. The van der Waals surface area contributed by atoms with Crippen molar-refractivity contribution >= 4 is 11.4 Å². The van der Waals surface area contributed by atoms with Crippen molar-refractivity contribution in [2.75, 3.05) is 30.8 Å². The Kier molecular flexibility index (Phi) is 5.55. The Morgan fingerprint density at radius 2 is 2.00 bits per heavy atom. The first-order valence-electron chi connectivity index (χ1n) is 5.34. The molecule has 1 heterocycles. The fourth-order valence-corrected chi connectivity index (χ4v) is 1.32. The summed E-state index contributed by atoms with van der Waals surface area (Å²) in [7, 11) is 1.88. The summed E-state index contributed by atoms with van der Waals surface area (Å²) in [6, 6.07) is 2.03. The van der Waals surface area contributed by atoms with Gasteiger partial charge in [-0.1, -0.05) is 0 Å². The molecule has 0 aliphatic heterocycles. The van der Waals surface area contributed by atoms with E-state index >= 15 is 0 Å². The zero-order valence-electron chi connectivity index (χ0n) is 9.16. The van der Waals surface area contributed by atoms with E-state index in [9.17, 15) is 0 Å². The molecule has 0 fully saturated rings. The molecule has 4 heteroatoms. The van der Waals surface area contributed by atoms with Gasteiger partial charge in [-0.15, -0.1) is 0 Å². The van der Waals surface area contributed by atoms with Crippen LogP contribution in [-0.2, 0) is 0 Å². The first-order chi connectivity index (χ1) is 7.36. The second-order valence-electron chi connectivity index (χ2n) is 3.42. The molecule has 0 spiro atoms. The van der Waals surface area contributed by atoms with E-state index in [2.05, 4.69) is 15.6 Å². The van der Waals surface area contributed by atoms with E-state index < -0.39 is 0 Å². The minimum absolute atomic E-state index is 0.288. The maximum Gasteiger partial charge on any atom is 0.0547 e.